The summed E-state index contributed by atoms with van der Waals surface area (Å²) in [5.74, 6) is 0.986. The molecule has 0 spiro atoms. The Morgan fingerprint density at radius 3 is 2.50 bits per heavy atom. The predicted molar refractivity (Wildman–Crippen MR) is 115 cm³/mol. The molecule has 1 amide bonds. The first-order valence-corrected chi connectivity index (χ1v) is 9.99. The van der Waals surface area contributed by atoms with E-state index in [2.05, 4.69) is 4.90 Å². The van der Waals surface area contributed by atoms with Crippen molar-refractivity contribution in [2.24, 2.45) is 0 Å². The molecule has 0 N–H and O–H groups in total. The number of piperazine rings is 1. The van der Waals surface area contributed by atoms with Crippen LogP contribution in [0, 0.1) is 0 Å². The van der Waals surface area contributed by atoms with Crippen LogP contribution in [0.25, 0.3) is 11.0 Å². The Morgan fingerprint density at radius 2 is 1.77 bits per heavy atom. The molecule has 0 atom stereocenters. The summed E-state index contributed by atoms with van der Waals surface area (Å²) in [6, 6.07) is 14.8. The zero-order valence-electron chi connectivity index (χ0n) is 17.1. The molecule has 0 unspecified atom stereocenters. The number of para-hydroxylation sites is 3. The zero-order valence-corrected chi connectivity index (χ0v) is 17.1. The molecule has 30 heavy (non-hydrogen) atoms. The number of nitrogens with zero attached hydrogens (tertiary/aromatic N) is 2. The Morgan fingerprint density at radius 1 is 1.03 bits per heavy atom. The Kier molecular flexibility index (Phi) is 5.61. The number of hydrogen-bond acceptors (Lipinski definition) is 6. The lowest BCUT2D eigenvalue weighted by Crippen LogP contribution is -2.49. The summed E-state index contributed by atoms with van der Waals surface area (Å²) in [7, 11) is 1.51. The SMILES string of the molecule is CCOc1ccccc1N1CCN(C(=O)c2cc3cccc(OC)c3oc2=O)CC1. The lowest BCUT2D eigenvalue weighted by Gasteiger charge is -2.36. The van der Waals surface area contributed by atoms with Crippen molar-refractivity contribution in [3.05, 3.63) is 64.5 Å². The third-order valence-electron chi connectivity index (χ3n) is 5.25. The van der Waals surface area contributed by atoms with Crippen molar-refractivity contribution in [2.45, 2.75) is 6.92 Å². The highest BCUT2D eigenvalue weighted by Crippen LogP contribution is 2.29. The largest absolute Gasteiger partial charge is 0.493 e. The topological polar surface area (TPSA) is 72.2 Å². The number of carbonyl (C=O) groups excluding carboxylic acids is 1. The first kappa shape index (κ1) is 19.8. The molecule has 0 radical (unpaired) electrons. The lowest BCUT2D eigenvalue weighted by atomic mass is 10.1. The monoisotopic (exact) mass is 408 g/mol. The maximum absolute atomic E-state index is 13.0. The maximum Gasteiger partial charge on any atom is 0.349 e. The van der Waals surface area contributed by atoms with Crippen molar-refractivity contribution in [3.8, 4) is 11.5 Å². The summed E-state index contributed by atoms with van der Waals surface area (Å²) >= 11 is 0. The molecule has 0 saturated carbocycles. The molecule has 2 heterocycles. The normalized spacial score (nSPS) is 14.1. The minimum atomic E-state index is -0.652. The van der Waals surface area contributed by atoms with Gasteiger partial charge in [0, 0.05) is 31.6 Å². The molecule has 1 aliphatic rings. The smallest absolute Gasteiger partial charge is 0.349 e. The summed E-state index contributed by atoms with van der Waals surface area (Å²) in [6.07, 6.45) is 0. The summed E-state index contributed by atoms with van der Waals surface area (Å²) in [5, 5.41) is 0.654. The van der Waals surface area contributed by atoms with Gasteiger partial charge in [-0.05, 0) is 31.2 Å². The summed E-state index contributed by atoms with van der Waals surface area (Å²) in [5.41, 5.74) is 0.753. The number of amides is 1. The molecule has 1 fully saturated rings. The van der Waals surface area contributed by atoms with Gasteiger partial charge >= 0.3 is 5.63 Å². The number of fused-ring (bicyclic) bond motifs is 1. The molecule has 1 aliphatic heterocycles. The van der Waals surface area contributed by atoms with Gasteiger partial charge in [0.15, 0.2) is 11.3 Å². The zero-order chi connectivity index (χ0) is 21.1. The van der Waals surface area contributed by atoms with E-state index >= 15 is 0 Å². The molecule has 1 aromatic heterocycles. The van der Waals surface area contributed by atoms with Gasteiger partial charge in [-0.3, -0.25) is 4.79 Å². The van der Waals surface area contributed by atoms with Crippen LogP contribution in [0.15, 0.2) is 57.7 Å². The van der Waals surface area contributed by atoms with Gasteiger partial charge in [0.1, 0.15) is 11.3 Å². The number of rotatable bonds is 5. The summed E-state index contributed by atoms with van der Waals surface area (Å²) in [4.78, 5) is 29.4. The van der Waals surface area contributed by atoms with E-state index in [4.69, 9.17) is 13.9 Å². The summed E-state index contributed by atoms with van der Waals surface area (Å²) in [6.45, 7) is 4.88. The molecule has 3 aromatic rings. The number of carbonyl (C=O) groups is 1. The summed E-state index contributed by atoms with van der Waals surface area (Å²) < 4.78 is 16.4. The molecule has 1 saturated heterocycles. The van der Waals surface area contributed by atoms with Gasteiger partial charge in [-0.2, -0.15) is 0 Å². The van der Waals surface area contributed by atoms with E-state index < -0.39 is 5.63 Å². The molecule has 4 rings (SSSR count). The van der Waals surface area contributed by atoms with Crippen LogP contribution in [-0.2, 0) is 0 Å². The van der Waals surface area contributed by atoms with Gasteiger partial charge in [0.25, 0.3) is 5.91 Å². The molecular formula is C23H24N2O5. The van der Waals surface area contributed by atoms with Gasteiger partial charge in [-0.1, -0.05) is 24.3 Å². The molecule has 156 valence electrons. The van der Waals surface area contributed by atoms with E-state index in [1.54, 1.807) is 29.2 Å². The van der Waals surface area contributed by atoms with Crippen LogP contribution in [0.1, 0.15) is 17.3 Å². The van der Waals surface area contributed by atoms with E-state index in [1.165, 1.54) is 7.11 Å². The number of anilines is 1. The second-order valence-electron chi connectivity index (χ2n) is 7.01. The molecule has 7 nitrogen and oxygen atoms in total. The minimum Gasteiger partial charge on any atom is -0.493 e. The molecule has 2 aromatic carbocycles. The number of benzene rings is 2. The quantitative estimate of drug-likeness (QED) is 0.604. The lowest BCUT2D eigenvalue weighted by molar-refractivity contribution is 0.0742. The fourth-order valence-electron chi connectivity index (χ4n) is 3.74. The van der Waals surface area contributed by atoms with Crippen molar-refractivity contribution in [1.29, 1.82) is 0 Å². The number of ether oxygens (including phenoxy) is 2. The fraction of sp³-hybridized carbons (Fsp3) is 0.304. The first-order chi connectivity index (χ1) is 14.6. The van der Waals surface area contributed by atoms with E-state index in [0.717, 1.165) is 11.4 Å². The first-order valence-electron chi connectivity index (χ1n) is 9.99. The number of methoxy groups -OCH3 is 1. The highest BCUT2D eigenvalue weighted by atomic mass is 16.5. The van der Waals surface area contributed by atoms with Crippen LogP contribution in [-0.4, -0.2) is 50.7 Å². The van der Waals surface area contributed by atoms with Crippen LogP contribution >= 0.6 is 0 Å². The van der Waals surface area contributed by atoms with Crippen LogP contribution in [0.5, 0.6) is 11.5 Å². The second kappa shape index (κ2) is 8.49. The Labute approximate surface area is 174 Å². The minimum absolute atomic E-state index is 0.0407. The van der Waals surface area contributed by atoms with Gasteiger partial charge in [0.05, 0.1) is 19.4 Å². The highest BCUT2D eigenvalue weighted by molar-refractivity contribution is 5.97. The predicted octanol–water partition coefficient (Wildman–Crippen LogP) is 3.16. The van der Waals surface area contributed by atoms with E-state index in [-0.39, 0.29) is 11.5 Å². The van der Waals surface area contributed by atoms with Gasteiger partial charge < -0.3 is 23.7 Å². The van der Waals surface area contributed by atoms with Crippen LogP contribution in [0.3, 0.4) is 0 Å². The fourth-order valence-corrected chi connectivity index (χ4v) is 3.74. The molecule has 0 bridgehead atoms. The van der Waals surface area contributed by atoms with Gasteiger partial charge in [0.2, 0.25) is 0 Å². The van der Waals surface area contributed by atoms with Crippen molar-refractivity contribution < 1.29 is 18.7 Å². The third-order valence-corrected chi connectivity index (χ3v) is 5.25. The average molecular weight is 408 g/mol. The Hall–Kier alpha value is -3.48. The van der Waals surface area contributed by atoms with E-state index in [1.807, 2.05) is 31.2 Å². The Bertz CT molecular complexity index is 1120. The Balaban J connectivity index is 1.53. The second-order valence-corrected chi connectivity index (χ2v) is 7.01. The van der Waals surface area contributed by atoms with Crippen LogP contribution in [0.4, 0.5) is 5.69 Å². The third kappa shape index (κ3) is 3.70. The average Bonchev–Trinajstić information content (AvgIpc) is 2.78. The molecule has 0 aliphatic carbocycles. The molecule has 7 heteroatoms. The van der Waals surface area contributed by atoms with Gasteiger partial charge in [-0.15, -0.1) is 0 Å². The van der Waals surface area contributed by atoms with Crippen molar-refractivity contribution in [1.82, 2.24) is 4.90 Å². The van der Waals surface area contributed by atoms with E-state index in [9.17, 15) is 9.59 Å². The maximum atomic E-state index is 13.0. The van der Waals surface area contributed by atoms with Crippen molar-refractivity contribution >= 4 is 22.6 Å². The van der Waals surface area contributed by atoms with Crippen LogP contribution < -0.4 is 20.0 Å². The van der Waals surface area contributed by atoms with Gasteiger partial charge in [-0.25, -0.2) is 4.79 Å². The van der Waals surface area contributed by atoms with Crippen LogP contribution in [0.2, 0.25) is 0 Å². The van der Waals surface area contributed by atoms with Crippen molar-refractivity contribution in [2.75, 3.05) is 44.8 Å². The highest BCUT2D eigenvalue weighted by Gasteiger charge is 2.26. The molecular weight excluding hydrogens is 384 g/mol. The number of hydrogen-bond donors (Lipinski definition) is 0. The standard InChI is InChI=1S/C23H24N2O5/c1-3-29-19-9-5-4-8-18(19)24-11-13-25(14-12-24)22(26)17-15-16-7-6-10-20(28-2)21(16)30-23(17)27/h4-10,15H,3,11-14H2,1-2H3. The van der Waals surface area contributed by atoms with Crippen molar-refractivity contribution in [3.63, 3.8) is 0 Å². The van der Waals surface area contributed by atoms with E-state index in [0.29, 0.717) is 49.5 Å².